The van der Waals surface area contributed by atoms with Crippen LogP contribution in [0.2, 0.25) is 0 Å². The summed E-state index contributed by atoms with van der Waals surface area (Å²) in [5.74, 6) is -1.75. The van der Waals surface area contributed by atoms with Gasteiger partial charge in [0.2, 0.25) is 0 Å². The van der Waals surface area contributed by atoms with E-state index in [-0.39, 0.29) is 0 Å². The molecule has 0 aliphatic carbocycles. The molecule has 5 heteroatoms. The molecule has 0 unspecified atom stereocenters. The highest BCUT2D eigenvalue weighted by Gasteiger charge is 2.11. The van der Waals surface area contributed by atoms with Gasteiger partial charge in [-0.05, 0) is 25.9 Å². The average Bonchev–Trinajstić information content (AvgIpc) is 2.67. The Kier molecular flexibility index (Phi) is 4.83. The van der Waals surface area contributed by atoms with Crippen LogP contribution in [0, 0.1) is 0 Å². The molecular formula is C10H15NO4. The molecule has 0 atom stereocenters. The number of carboxylic acids is 1. The number of likely N-dealkylation sites (tertiary alicyclic amines) is 1. The van der Waals surface area contributed by atoms with Crippen molar-refractivity contribution in [2.75, 3.05) is 26.2 Å². The van der Waals surface area contributed by atoms with Gasteiger partial charge in [-0.25, -0.2) is 9.59 Å². The minimum absolute atomic E-state index is 0.322. The quantitative estimate of drug-likeness (QED) is 0.524. The van der Waals surface area contributed by atoms with Crippen LogP contribution in [0.1, 0.15) is 12.8 Å². The number of carbonyl (C=O) groups excluding carboxylic acids is 1. The van der Waals surface area contributed by atoms with Crippen molar-refractivity contribution in [3.05, 3.63) is 12.2 Å². The first kappa shape index (κ1) is 11.7. The van der Waals surface area contributed by atoms with E-state index in [1.807, 2.05) is 0 Å². The molecule has 1 aliphatic rings. The van der Waals surface area contributed by atoms with E-state index >= 15 is 0 Å². The minimum atomic E-state index is -1.15. The first-order chi connectivity index (χ1) is 7.18. The highest BCUT2D eigenvalue weighted by Crippen LogP contribution is 2.05. The SMILES string of the molecule is O=C(O)C=CC(=O)OCCN1CCCC1. The molecule has 15 heavy (non-hydrogen) atoms. The van der Waals surface area contributed by atoms with E-state index in [1.54, 1.807) is 0 Å². The van der Waals surface area contributed by atoms with Crippen molar-refractivity contribution in [3.8, 4) is 0 Å². The summed E-state index contributed by atoms with van der Waals surface area (Å²) in [5, 5.41) is 8.26. The summed E-state index contributed by atoms with van der Waals surface area (Å²) >= 11 is 0. The number of rotatable bonds is 5. The molecule has 0 aromatic heterocycles. The maximum Gasteiger partial charge on any atom is 0.331 e. The fourth-order valence-corrected chi connectivity index (χ4v) is 1.47. The van der Waals surface area contributed by atoms with Crippen molar-refractivity contribution >= 4 is 11.9 Å². The Morgan fingerprint density at radius 2 is 1.93 bits per heavy atom. The number of hydrogen-bond acceptors (Lipinski definition) is 4. The van der Waals surface area contributed by atoms with E-state index in [0.717, 1.165) is 31.8 Å². The molecular weight excluding hydrogens is 198 g/mol. The van der Waals surface area contributed by atoms with Gasteiger partial charge in [-0.3, -0.25) is 4.90 Å². The van der Waals surface area contributed by atoms with Crippen LogP contribution in [-0.4, -0.2) is 48.2 Å². The number of nitrogens with zero attached hydrogens (tertiary/aromatic N) is 1. The zero-order chi connectivity index (χ0) is 11.1. The van der Waals surface area contributed by atoms with Gasteiger partial charge in [0.05, 0.1) is 0 Å². The second-order valence-corrected chi connectivity index (χ2v) is 3.39. The number of carboxylic acid groups (broad SMARTS) is 1. The molecule has 1 saturated heterocycles. The molecule has 1 rings (SSSR count). The average molecular weight is 213 g/mol. The normalized spacial score (nSPS) is 17.1. The lowest BCUT2D eigenvalue weighted by Crippen LogP contribution is -2.24. The molecule has 1 N–H and O–H groups in total. The zero-order valence-corrected chi connectivity index (χ0v) is 8.52. The summed E-state index contributed by atoms with van der Waals surface area (Å²) in [5.41, 5.74) is 0. The van der Waals surface area contributed by atoms with Crippen molar-refractivity contribution in [3.63, 3.8) is 0 Å². The van der Waals surface area contributed by atoms with E-state index in [0.29, 0.717) is 6.61 Å². The Morgan fingerprint density at radius 1 is 1.27 bits per heavy atom. The lowest BCUT2D eigenvalue weighted by molar-refractivity contribution is -0.139. The minimum Gasteiger partial charge on any atom is -0.478 e. The van der Waals surface area contributed by atoms with E-state index in [4.69, 9.17) is 9.84 Å². The predicted octanol–water partition coefficient (Wildman–Crippen LogP) is 0.266. The molecule has 0 spiro atoms. The Labute approximate surface area is 88.3 Å². The van der Waals surface area contributed by atoms with Crippen molar-refractivity contribution in [2.45, 2.75) is 12.8 Å². The number of carbonyl (C=O) groups is 2. The summed E-state index contributed by atoms with van der Waals surface area (Å²) in [6.45, 7) is 3.17. The molecule has 0 radical (unpaired) electrons. The van der Waals surface area contributed by atoms with Gasteiger partial charge in [-0.2, -0.15) is 0 Å². The van der Waals surface area contributed by atoms with Crippen LogP contribution in [0.25, 0.3) is 0 Å². The predicted molar refractivity (Wildman–Crippen MR) is 53.4 cm³/mol. The standard InChI is InChI=1S/C10H15NO4/c12-9(13)3-4-10(14)15-8-7-11-5-1-2-6-11/h3-4H,1-2,5-8H2,(H,12,13). The number of hydrogen-bond donors (Lipinski definition) is 1. The summed E-state index contributed by atoms with van der Waals surface area (Å²) < 4.78 is 4.82. The van der Waals surface area contributed by atoms with Gasteiger partial charge in [-0.1, -0.05) is 0 Å². The Bertz CT molecular complexity index is 256. The molecule has 0 aromatic rings. The van der Waals surface area contributed by atoms with Crippen molar-refractivity contribution in [2.24, 2.45) is 0 Å². The van der Waals surface area contributed by atoms with Crippen molar-refractivity contribution in [1.82, 2.24) is 4.90 Å². The molecule has 1 aliphatic heterocycles. The van der Waals surface area contributed by atoms with Crippen LogP contribution in [0.4, 0.5) is 0 Å². The first-order valence-electron chi connectivity index (χ1n) is 4.98. The number of ether oxygens (including phenoxy) is 1. The summed E-state index contributed by atoms with van der Waals surface area (Å²) in [6.07, 6.45) is 4.10. The van der Waals surface area contributed by atoms with Gasteiger partial charge in [0.15, 0.2) is 0 Å². The van der Waals surface area contributed by atoms with Gasteiger partial charge in [0.1, 0.15) is 6.61 Å². The van der Waals surface area contributed by atoms with E-state index in [9.17, 15) is 9.59 Å². The second-order valence-electron chi connectivity index (χ2n) is 3.39. The zero-order valence-electron chi connectivity index (χ0n) is 8.52. The third-order valence-electron chi connectivity index (χ3n) is 2.21. The van der Waals surface area contributed by atoms with Crippen LogP contribution in [0.3, 0.4) is 0 Å². The lowest BCUT2D eigenvalue weighted by atomic mass is 10.4. The molecule has 1 fully saturated rings. The highest BCUT2D eigenvalue weighted by molar-refractivity contribution is 5.90. The molecule has 0 aromatic carbocycles. The number of aliphatic carboxylic acids is 1. The van der Waals surface area contributed by atoms with Crippen LogP contribution in [0.5, 0.6) is 0 Å². The fraction of sp³-hybridized carbons (Fsp3) is 0.600. The highest BCUT2D eigenvalue weighted by atomic mass is 16.5. The first-order valence-corrected chi connectivity index (χ1v) is 4.98. The summed E-state index contributed by atoms with van der Waals surface area (Å²) in [7, 11) is 0. The third-order valence-corrected chi connectivity index (χ3v) is 2.21. The smallest absolute Gasteiger partial charge is 0.331 e. The van der Waals surface area contributed by atoms with Gasteiger partial charge < -0.3 is 9.84 Å². The third kappa shape index (κ3) is 5.17. The van der Waals surface area contributed by atoms with Gasteiger partial charge in [0.25, 0.3) is 0 Å². The number of esters is 1. The van der Waals surface area contributed by atoms with Crippen LogP contribution < -0.4 is 0 Å². The van der Waals surface area contributed by atoms with E-state index < -0.39 is 11.9 Å². The molecule has 1 heterocycles. The maximum absolute atomic E-state index is 10.9. The van der Waals surface area contributed by atoms with Crippen LogP contribution in [-0.2, 0) is 14.3 Å². The Hall–Kier alpha value is -1.36. The second kappa shape index (κ2) is 6.19. The van der Waals surface area contributed by atoms with E-state index in [1.165, 1.54) is 12.8 Å². The lowest BCUT2D eigenvalue weighted by Gasteiger charge is -2.13. The molecule has 0 amide bonds. The maximum atomic E-state index is 10.9. The van der Waals surface area contributed by atoms with Gasteiger partial charge >= 0.3 is 11.9 Å². The van der Waals surface area contributed by atoms with E-state index in [2.05, 4.69) is 4.90 Å². The Morgan fingerprint density at radius 3 is 2.53 bits per heavy atom. The summed E-state index contributed by atoms with van der Waals surface area (Å²) in [4.78, 5) is 23.2. The molecule has 84 valence electrons. The monoisotopic (exact) mass is 213 g/mol. The van der Waals surface area contributed by atoms with Gasteiger partial charge in [-0.15, -0.1) is 0 Å². The van der Waals surface area contributed by atoms with Crippen LogP contribution >= 0.6 is 0 Å². The van der Waals surface area contributed by atoms with Crippen molar-refractivity contribution < 1.29 is 19.4 Å². The van der Waals surface area contributed by atoms with Crippen molar-refractivity contribution in [1.29, 1.82) is 0 Å². The topological polar surface area (TPSA) is 66.8 Å². The molecule has 0 saturated carbocycles. The largest absolute Gasteiger partial charge is 0.478 e. The summed E-state index contributed by atoms with van der Waals surface area (Å²) in [6, 6.07) is 0. The fourth-order valence-electron chi connectivity index (χ4n) is 1.47. The molecule has 5 nitrogen and oxygen atoms in total. The molecule has 0 bridgehead atoms. The van der Waals surface area contributed by atoms with Gasteiger partial charge in [0, 0.05) is 18.7 Å². The van der Waals surface area contributed by atoms with Crippen LogP contribution in [0.15, 0.2) is 12.2 Å². The Balaban J connectivity index is 2.08.